The summed E-state index contributed by atoms with van der Waals surface area (Å²) in [6.45, 7) is 0.761. The van der Waals surface area contributed by atoms with Crippen molar-refractivity contribution in [2.75, 3.05) is 13.2 Å². The maximum Gasteiger partial charge on any atom is 0.264 e. The van der Waals surface area contributed by atoms with Crippen LogP contribution < -0.4 is 0 Å². The molecule has 5 heteroatoms. The minimum absolute atomic E-state index is 0.0556. The lowest BCUT2D eigenvalue weighted by Gasteiger charge is -2.37. The topological polar surface area (TPSA) is 40.5 Å². The number of carbonyl (C=O) groups excluding carboxylic acids is 1. The zero-order valence-electron chi connectivity index (χ0n) is 9.56. The highest BCUT2D eigenvalue weighted by molar-refractivity contribution is 7.17. The van der Waals surface area contributed by atoms with Crippen LogP contribution in [0.25, 0.3) is 0 Å². The third kappa shape index (κ3) is 3.00. The fraction of sp³-hybridized carbons (Fsp3) is 0.583. The van der Waals surface area contributed by atoms with Gasteiger partial charge in [0, 0.05) is 19.2 Å². The fourth-order valence-electron chi connectivity index (χ4n) is 1.96. The Balaban J connectivity index is 2.06. The average molecular weight is 274 g/mol. The SMILES string of the molecule is O=C(c1ccc(Cl)s1)N(CCCO)C1CCC1. The molecule has 1 heterocycles. The summed E-state index contributed by atoms with van der Waals surface area (Å²) in [5, 5.41) is 8.89. The summed E-state index contributed by atoms with van der Waals surface area (Å²) in [6, 6.07) is 3.89. The van der Waals surface area contributed by atoms with E-state index in [9.17, 15) is 4.79 Å². The molecule has 0 saturated heterocycles. The Hall–Kier alpha value is -0.580. The van der Waals surface area contributed by atoms with E-state index in [2.05, 4.69) is 0 Å². The van der Waals surface area contributed by atoms with E-state index in [1.54, 1.807) is 12.1 Å². The van der Waals surface area contributed by atoms with Crippen LogP contribution in [0.4, 0.5) is 0 Å². The molecule has 2 rings (SSSR count). The number of nitrogens with zero attached hydrogens (tertiary/aromatic N) is 1. The number of hydrogen-bond acceptors (Lipinski definition) is 3. The van der Waals surface area contributed by atoms with Gasteiger partial charge in [-0.2, -0.15) is 0 Å². The lowest BCUT2D eigenvalue weighted by Crippen LogP contribution is -2.44. The number of carbonyl (C=O) groups is 1. The molecule has 1 N–H and O–H groups in total. The summed E-state index contributed by atoms with van der Waals surface area (Å²) in [7, 11) is 0. The molecule has 1 aliphatic carbocycles. The molecule has 0 unspecified atom stereocenters. The first-order valence-electron chi connectivity index (χ1n) is 5.89. The molecule has 0 bridgehead atoms. The van der Waals surface area contributed by atoms with Gasteiger partial charge in [0.15, 0.2) is 0 Å². The Morgan fingerprint density at radius 3 is 2.76 bits per heavy atom. The van der Waals surface area contributed by atoms with Crippen molar-refractivity contribution in [2.45, 2.75) is 31.7 Å². The molecule has 0 radical (unpaired) electrons. The van der Waals surface area contributed by atoms with Crippen LogP contribution in [0.1, 0.15) is 35.4 Å². The average Bonchev–Trinajstić information content (AvgIpc) is 2.67. The minimum Gasteiger partial charge on any atom is -0.396 e. The van der Waals surface area contributed by atoms with Gasteiger partial charge in [0.2, 0.25) is 0 Å². The zero-order valence-corrected chi connectivity index (χ0v) is 11.1. The van der Waals surface area contributed by atoms with Crippen LogP contribution in [0.5, 0.6) is 0 Å². The second-order valence-electron chi connectivity index (χ2n) is 4.26. The second-order valence-corrected chi connectivity index (χ2v) is 5.98. The molecule has 0 aromatic carbocycles. The molecule has 17 heavy (non-hydrogen) atoms. The number of amides is 1. The van der Waals surface area contributed by atoms with Gasteiger partial charge in [-0.1, -0.05) is 11.6 Å². The van der Waals surface area contributed by atoms with E-state index < -0.39 is 0 Å². The Labute approximate surface area is 110 Å². The number of thiophene rings is 1. The van der Waals surface area contributed by atoms with Crippen molar-refractivity contribution in [3.8, 4) is 0 Å². The third-order valence-electron chi connectivity index (χ3n) is 3.12. The highest BCUT2D eigenvalue weighted by Gasteiger charge is 2.29. The van der Waals surface area contributed by atoms with Crippen molar-refractivity contribution in [1.29, 1.82) is 0 Å². The largest absolute Gasteiger partial charge is 0.396 e. The quantitative estimate of drug-likeness (QED) is 0.896. The number of rotatable bonds is 5. The molecule has 1 aromatic rings. The first-order valence-corrected chi connectivity index (χ1v) is 7.09. The summed E-state index contributed by atoms with van der Waals surface area (Å²) in [6.07, 6.45) is 3.99. The van der Waals surface area contributed by atoms with Crippen LogP contribution >= 0.6 is 22.9 Å². The third-order valence-corrected chi connectivity index (χ3v) is 4.34. The maximum absolute atomic E-state index is 12.3. The Kier molecular flexibility index (Phi) is 4.42. The molecular weight excluding hydrogens is 258 g/mol. The molecule has 1 aromatic heterocycles. The second kappa shape index (κ2) is 5.85. The van der Waals surface area contributed by atoms with Gasteiger partial charge in [0.05, 0.1) is 9.21 Å². The van der Waals surface area contributed by atoms with Gasteiger partial charge in [0.1, 0.15) is 0 Å². The number of halogens is 1. The van der Waals surface area contributed by atoms with E-state index >= 15 is 0 Å². The molecule has 1 fully saturated rings. The highest BCUT2D eigenvalue weighted by Crippen LogP contribution is 2.29. The van der Waals surface area contributed by atoms with Crippen molar-refractivity contribution < 1.29 is 9.90 Å². The molecular formula is C12H16ClNO2S. The monoisotopic (exact) mass is 273 g/mol. The van der Waals surface area contributed by atoms with Gasteiger partial charge in [-0.3, -0.25) is 4.79 Å². The van der Waals surface area contributed by atoms with Gasteiger partial charge in [0.25, 0.3) is 5.91 Å². The first-order chi connectivity index (χ1) is 8.22. The number of aliphatic hydroxyl groups excluding tert-OH is 1. The lowest BCUT2D eigenvalue weighted by molar-refractivity contribution is 0.0567. The van der Waals surface area contributed by atoms with E-state index in [1.807, 2.05) is 4.90 Å². The van der Waals surface area contributed by atoms with Crippen molar-refractivity contribution in [2.24, 2.45) is 0 Å². The Bertz CT molecular complexity index is 390. The summed E-state index contributed by atoms with van der Waals surface area (Å²) in [5.74, 6) is 0.0556. The summed E-state index contributed by atoms with van der Waals surface area (Å²) < 4.78 is 0.643. The molecule has 1 saturated carbocycles. The van der Waals surface area contributed by atoms with E-state index in [0.717, 1.165) is 12.8 Å². The van der Waals surface area contributed by atoms with E-state index in [-0.39, 0.29) is 12.5 Å². The van der Waals surface area contributed by atoms with Crippen LogP contribution in [0.15, 0.2) is 12.1 Å². The van der Waals surface area contributed by atoms with Crippen molar-refractivity contribution in [3.63, 3.8) is 0 Å². The zero-order chi connectivity index (χ0) is 12.3. The normalized spacial score (nSPS) is 15.6. The molecule has 0 aliphatic heterocycles. The predicted molar refractivity (Wildman–Crippen MR) is 69.7 cm³/mol. The predicted octanol–water partition coefficient (Wildman–Crippen LogP) is 2.78. The van der Waals surface area contributed by atoms with Crippen LogP contribution in [0, 0.1) is 0 Å². The molecule has 3 nitrogen and oxygen atoms in total. The number of hydrogen-bond donors (Lipinski definition) is 1. The summed E-state index contributed by atoms with van der Waals surface area (Å²) >= 11 is 7.17. The van der Waals surface area contributed by atoms with Crippen molar-refractivity contribution in [3.05, 3.63) is 21.3 Å². The van der Waals surface area contributed by atoms with Crippen LogP contribution in [0.2, 0.25) is 4.34 Å². The molecule has 94 valence electrons. The molecule has 1 aliphatic rings. The number of aliphatic hydroxyl groups is 1. The van der Waals surface area contributed by atoms with Crippen LogP contribution in [-0.2, 0) is 0 Å². The van der Waals surface area contributed by atoms with Crippen molar-refractivity contribution in [1.82, 2.24) is 4.90 Å². The van der Waals surface area contributed by atoms with E-state index in [1.165, 1.54) is 17.8 Å². The smallest absolute Gasteiger partial charge is 0.264 e. The standard InChI is InChI=1S/C12H16ClNO2S/c13-11-6-5-10(17-11)12(16)14(7-2-8-15)9-3-1-4-9/h5-6,9,15H,1-4,7-8H2. The van der Waals surface area contributed by atoms with Gasteiger partial charge in [-0.15, -0.1) is 11.3 Å². The fourth-order valence-corrected chi connectivity index (χ4v) is 2.96. The van der Waals surface area contributed by atoms with Gasteiger partial charge < -0.3 is 10.0 Å². The Morgan fingerprint density at radius 2 is 2.29 bits per heavy atom. The Morgan fingerprint density at radius 1 is 1.53 bits per heavy atom. The first kappa shape index (κ1) is 12.9. The van der Waals surface area contributed by atoms with E-state index in [4.69, 9.17) is 16.7 Å². The molecule has 1 amide bonds. The van der Waals surface area contributed by atoms with Gasteiger partial charge in [-0.05, 0) is 37.8 Å². The minimum atomic E-state index is 0.0556. The molecule has 0 atom stereocenters. The highest BCUT2D eigenvalue weighted by atomic mass is 35.5. The van der Waals surface area contributed by atoms with Gasteiger partial charge in [-0.25, -0.2) is 0 Å². The van der Waals surface area contributed by atoms with E-state index in [0.29, 0.717) is 28.2 Å². The van der Waals surface area contributed by atoms with Gasteiger partial charge >= 0.3 is 0 Å². The molecule has 0 spiro atoms. The van der Waals surface area contributed by atoms with Crippen LogP contribution in [0.3, 0.4) is 0 Å². The summed E-state index contributed by atoms with van der Waals surface area (Å²) in [5.41, 5.74) is 0. The van der Waals surface area contributed by atoms with Crippen molar-refractivity contribution >= 4 is 28.8 Å². The maximum atomic E-state index is 12.3. The van der Waals surface area contributed by atoms with Crippen LogP contribution in [-0.4, -0.2) is 35.1 Å². The summed E-state index contributed by atoms with van der Waals surface area (Å²) in [4.78, 5) is 14.9. The lowest BCUT2D eigenvalue weighted by atomic mass is 9.91.